The van der Waals surface area contributed by atoms with Gasteiger partial charge >= 0.3 is 5.97 Å². The Kier molecular flexibility index (Phi) is 16.6. The summed E-state index contributed by atoms with van der Waals surface area (Å²) in [4.78, 5) is 13.1. The maximum Gasteiger partial charge on any atom is 0.336 e. The number of ether oxygens (including phenoxy) is 2. The lowest BCUT2D eigenvalue weighted by molar-refractivity contribution is -0.129. The molecule has 0 spiro atoms. The molecule has 3 heteroatoms. The molecular formula is C48H74O3. The van der Waals surface area contributed by atoms with Crippen LogP contribution in [-0.2, 0) is 11.2 Å². The van der Waals surface area contributed by atoms with Crippen molar-refractivity contribution in [3.63, 3.8) is 0 Å². The minimum Gasteiger partial charge on any atom is -0.487 e. The molecule has 4 atom stereocenters. The van der Waals surface area contributed by atoms with Gasteiger partial charge in [0.15, 0.2) is 0 Å². The molecular weight excluding hydrogens is 625 g/mol. The second kappa shape index (κ2) is 19.9. The van der Waals surface area contributed by atoms with Gasteiger partial charge in [-0.05, 0) is 127 Å². The average molecular weight is 699 g/mol. The van der Waals surface area contributed by atoms with Crippen molar-refractivity contribution >= 4 is 5.97 Å². The van der Waals surface area contributed by atoms with Gasteiger partial charge in [0.05, 0.1) is 0 Å². The number of rotatable bonds is 18. The number of carbonyl (C=O) groups excluding carboxylic acids is 1. The number of esters is 1. The Morgan fingerprint density at radius 2 is 1.55 bits per heavy atom. The molecule has 0 saturated heterocycles. The molecule has 3 nitrogen and oxygen atoms in total. The van der Waals surface area contributed by atoms with Gasteiger partial charge in [0.1, 0.15) is 17.1 Å². The second-order valence-corrected chi connectivity index (χ2v) is 17.5. The van der Waals surface area contributed by atoms with Gasteiger partial charge < -0.3 is 9.47 Å². The van der Waals surface area contributed by atoms with E-state index < -0.39 is 0 Å². The summed E-state index contributed by atoms with van der Waals surface area (Å²) < 4.78 is 12.9. The lowest BCUT2D eigenvalue weighted by Crippen LogP contribution is -2.37. The van der Waals surface area contributed by atoms with Crippen LogP contribution in [0.2, 0.25) is 0 Å². The molecule has 284 valence electrons. The maximum atomic E-state index is 13.1. The summed E-state index contributed by atoms with van der Waals surface area (Å²) in [7, 11) is 0. The van der Waals surface area contributed by atoms with Crippen molar-refractivity contribution in [3.8, 4) is 11.5 Å². The lowest BCUT2D eigenvalue weighted by atomic mass is 9.68. The number of benzene rings is 1. The van der Waals surface area contributed by atoms with Crippen molar-refractivity contribution in [1.29, 1.82) is 0 Å². The van der Waals surface area contributed by atoms with E-state index in [1.54, 1.807) is 6.08 Å². The highest BCUT2D eigenvalue weighted by molar-refractivity contribution is 5.86. The number of hydrogen-bond donors (Lipinski definition) is 0. The summed E-state index contributed by atoms with van der Waals surface area (Å²) in [6, 6.07) is 0. The Balaban J connectivity index is 1.55. The van der Waals surface area contributed by atoms with E-state index in [-0.39, 0.29) is 17.0 Å². The highest BCUT2D eigenvalue weighted by atomic mass is 16.5. The summed E-state index contributed by atoms with van der Waals surface area (Å²) >= 11 is 0. The third-order valence-corrected chi connectivity index (χ3v) is 12.1. The molecule has 0 saturated carbocycles. The zero-order valence-electron chi connectivity index (χ0n) is 34.9. The molecule has 2 aliphatic rings. The average Bonchev–Trinajstić information content (AvgIpc) is 3.05. The number of hydrogen-bond acceptors (Lipinski definition) is 3. The zero-order valence-corrected chi connectivity index (χ0v) is 34.9. The summed E-state index contributed by atoms with van der Waals surface area (Å²) in [5.41, 5.74) is 7.93. The number of unbranched alkanes of at least 4 members (excludes halogenated alkanes) is 2. The molecule has 1 aliphatic carbocycles. The van der Waals surface area contributed by atoms with Crippen LogP contribution in [0.25, 0.3) is 0 Å². The SMILES string of the molecule is CCCCCC(C)CCCC(C)CCCC1(C)CCc2c(C)c(OC(=O)/C=C(C)/C=C/C=C(C)/C=C/C3C(C)=CCCC3(C)C)c(C)c(C)c2O1. The molecule has 1 heterocycles. The van der Waals surface area contributed by atoms with Crippen LogP contribution in [0.5, 0.6) is 11.5 Å². The van der Waals surface area contributed by atoms with E-state index in [2.05, 4.69) is 100 Å². The standard InChI is InChI=1S/C48H74O3/c1-13-14-15-20-34(2)21-16-22-35(3)25-18-31-48(12)32-29-42-41(9)45(39(7)40(8)46(42)51-48)50-44(49)33-37(5)24-17-23-36(4)27-28-43-38(6)26-19-30-47(43,10)11/h17,23-24,26-28,33-35,43H,13-16,18-22,25,29-32H2,1-12H3/b24-17+,28-27+,36-23+,37-33+. The van der Waals surface area contributed by atoms with Gasteiger partial charge in [-0.25, -0.2) is 4.79 Å². The molecule has 1 aliphatic heterocycles. The first-order chi connectivity index (χ1) is 24.1. The summed E-state index contributed by atoms with van der Waals surface area (Å²) in [6.45, 7) is 26.7. The van der Waals surface area contributed by atoms with Gasteiger partial charge in [0.25, 0.3) is 0 Å². The molecule has 51 heavy (non-hydrogen) atoms. The Labute approximate surface area is 314 Å². The Morgan fingerprint density at radius 1 is 0.882 bits per heavy atom. The fourth-order valence-electron chi connectivity index (χ4n) is 8.28. The lowest BCUT2D eigenvalue weighted by Gasteiger charge is -2.38. The molecule has 1 aromatic rings. The first-order valence-corrected chi connectivity index (χ1v) is 20.5. The fourth-order valence-corrected chi connectivity index (χ4v) is 8.28. The minimum atomic E-state index is -0.341. The van der Waals surface area contributed by atoms with Crippen LogP contribution in [0.3, 0.4) is 0 Å². The van der Waals surface area contributed by atoms with Crippen LogP contribution in [0, 0.1) is 43.9 Å². The first kappa shape index (κ1) is 42.6. The zero-order chi connectivity index (χ0) is 37.8. The monoisotopic (exact) mass is 699 g/mol. The molecule has 0 radical (unpaired) electrons. The molecule has 0 amide bonds. The smallest absolute Gasteiger partial charge is 0.336 e. The Hall–Kier alpha value is -2.81. The summed E-state index contributed by atoms with van der Waals surface area (Å²) in [6.07, 6.45) is 32.1. The normalized spacial score (nSPS) is 22.1. The molecule has 0 N–H and O–H groups in total. The predicted octanol–water partition coefficient (Wildman–Crippen LogP) is 14.2. The highest BCUT2D eigenvalue weighted by Gasteiger charge is 2.35. The quantitative estimate of drug-likeness (QED) is 0.0382. The number of carbonyl (C=O) groups is 1. The Morgan fingerprint density at radius 3 is 2.22 bits per heavy atom. The second-order valence-electron chi connectivity index (χ2n) is 17.5. The van der Waals surface area contributed by atoms with Crippen LogP contribution < -0.4 is 9.47 Å². The molecule has 3 rings (SSSR count). The minimum absolute atomic E-state index is 0.153. The van der Waals surface area contributed by atoms with Gasteiger partial charge in [0.2, 0.25) is 0 Å². The van der Waals surface area contributed by atoms with Gasteiger partial charge in [0, 0.05) is 17.6 Å². The fraction of sp³-hybridized carbons (Fsp3) is 0.646. The van der Waals surface area contributed by atoms with E-state index >= 15 is 0 Å². The summed E-state index contributed by atoms with van der Waals surface area (Å²) in [5.74, 6) is 3.46. The van der Waals surface area contributed by atoms with Crippen LogP contribution in [0.4, 0.5) is 0 Å². The van der Waals surface area contributed by atoms with Gasteiger partial charge in [-0.3, -0.25) is 0 Å². The van der Waals surface area contributed by atoms with Gasteiger partial charge in [-0.1, -0.05) is 134 Å². The molecule has 0 fully saturated rings. The van der Waals surface area contributed by atoms with E-state index in [0.717, 1.165) is 59.1 Å². The highest BCUT2D eigenvalue weighted by Crippen LogP contribution is 2.45. The largest absolute Gasteiger partial charge is 0.487 e. The molecule has 0 bridgehead atoms. The van der Waals surface area contributed by atoms with Crippen molar-refractivity contribution in [2.45, 2.75) is 179 Å². The van der Waals surface area contributed by atoms with Crippen molar-refractivity contribution in [2.24, 2.45) is 23.2 Å². The van der Waals surface area contributed by atoms with Crippen LogP contribution in [0.15, 0.2) is 59.3 Å². The maximum absolute atomic E-state index is 13.1. The van der Waals surface area contributed by atoms with Crippen LogP contribution >= 0.6 is 0 Å². The van der Waals surface area contributed by atoms with E-state index in [4.69, 9.17) is 9.47 Å². The molecule has 4 unspecified atom stereocenters. The first-order valence-electron chi connectivity index (χ1n) is 20.5. The molecule has 1 aromatic carbocycles. The van der Waals surface area contributed by atoms with Crippen molar-refractivity contribution in [1.82, 2.24) is 0 Å². The van der Waals surface area contributed by atoms with Crippen LogP contribution in [0.1, 0.15) is 168 Å². The van der Waals surface area contributed by atoms with Crippen molar-refractivity contribution in [2.75, 3.05) is 0 Å². The van der Waals surface area contributed by atoms with E-state index in [9.17, 15) is 4.79 Å². The van der Waals surface area contributed by atoms with Gasteiger partial charge in [-0.2, -0.15) is 0 Å². The predicted molar refractivity (Wildman–Crippen MR) is 220 cm³/mol. The van der Waals surface area contributed by atoms with Gasteiger partial charge in [-0.15, -0.1) is 0 Å². The van der Waals surface area contributed by atoms with Crippen molar-refractivity contribution in [3.05, 3.63) is 81.5 Å². The van der Waals surface area contributed by atoms with Crippen molar-refractivity contribution < 1.29 is 14.3 Å². The third-order valence-electron chi connectivity index (χ3n) is 12.1. The number of fused-ring (bicyclic) bond motifs is 1. The summed E-state index contributed by atoms with van der Waals surface area (Å²) in [5, 5.41) is 0. The van der Waals surface area contributed by atoms with E-state index in [1.165, 1.54) is 87.3 Å². The Bertz CT molecular complexity index is 1460. The topological polar surface area (TPSA) is 35.5 Å². The third kappa shape index (κ3) is 13.0. The number of allylic oxidation sites excluding steroid dienone is 9. The molecule has 0 aromatic heterocycles. The van der Waals surface area contributed by atoms with Crippen LogP contribution in [-0.4, -0.2) is 11.6 Å². The van der Waals surface area contributed by atoms with E-state index in [0.29, 0.717) is 11.7 Å². The van der Waals surface area contributed by atoms with E-state index in [1.807, 2.05) is 19.1 Å².